The van der Waals surface area contributed by atoms with E-state index in [1.807, 2.05) is 0 Å². The van der Waals surface area contributed by atoms with Crippen LogP contribution in [0.3, 0.4) is 0 Å². The molecule has 0 aliphatic heterocycles. The molecule has 4 aromatic rings. The molecule has 0 spiro atoms. The zero-order chi connectivity index (χ0) is 25.3. The Morgan fingerprint density at radius 2 is 0.639 bits per heavy atom. The van der Waals surface area contributed by atoms with Gasteiger partial charge in [-0.1, -0.05) is 161 Å². The second-order valence-corrected chi connectivity index (χ2v) is 11.4. The van der Waals surface area contributed by atoms with E-state index in [0.717, 1.165) is 34.2 Å². The highest BCUT2D eigenvalue weighted by molar-refractivity contribution is 9.09. The van der Waals surface area contributed by atoms with Crippen LogP contribution in [0.5, 0.6) is 0 Å². The molecule has 0 N–H and O–H groups in total. The first kappa shape index (κ1) is 27.8. The minimum absolute atomic E-state index is 0.337. The normalized spacial score (nSPS) is 11.4. The zero-order valence-electron chi connectivity index (χ0n) is 20.1. The number of rotatable bonds is 11. The van der Waals surface area contributed by atoms with Crippen molar-refractivity contribution in [3.8, 4) is 0 Å². The van der Waals surface area contributed by atoms with Crippen LogP contribution in [0.15, 0.2) is 97.1 Å². The van der Waals surface area contributed by atoms with E-state index < -0.39 is 0 Å². The zero-order valence-corrected chi connectivity index (χ0v) is 26.5. The van der Waals surface area contributed by atoms with Gasteiger partial charge in [0.25, 0.3) is 0 Å². The second-order valence-electron chi connectivity index (χ2n) is 9.20. The summed E-state index contributed by atoms with van der Waals surface area (Å²) in [7, 11) is 0. The van der Waals surface area contributed by atoms with Crippen molar-refractivity contribution in [1.29, 1.82) is 0 Å². The quantitative estimate of drug-likeness (QED) is 0.135. The minimum atomic E-state index is 0.337. The van der Waals surface area contributed by atoms with Gasteiger partial charge in [0.05, 0.1) is 0 Å². The molecule has 4 aromatic carbocycles. The first-order chi connectivity index (χ1) is 17.6. The maximum atomic E-state index is 3.66. The monoisotopic (exact) mass is 730 g/mol. The molecule has 0 fully saturated rings. The first-order valence-electron chi connectivity index (χ1n) is 12.2. The van der Waals surface area contributed by atoms with E-state index in [0.29, 0.717) is 11.8 Å². The van der Waals surface area contributed by atoms with Gasteiger partial charge in [0.15, 0.2) is 0 Å². The first-order valence-corrected chi connectivity index (χ1v) is 16.7. The number of halogens is 4. The Labute approximate surface area is 249 Å². The fourth-order valence-electron chi connectivity index (χ4n) is 4.96. The lowest BCUT2D eigenvalue weighted by atomic mass is 9.80. The second kappa shape index (κ2) is 14.1. The molecular formula is C32H30Br4. The molecule has 0 aromatic heterocycles. The molecule has 0 saturated carbocycles. The van der Waals surface area contributed by atoms with Gasteiger partial charge in [-0.05, 0) is 57.3 Å². The molecule has 36 heavy (non-hydrogen) atoms. The van der Waals surface area contributed by atoms with Crippen molar-refractivity contribution in [2.45, 2.75) is 46.0 Å². The van der Waals surface area contributed by atoms with Crippen molar-refractivity contribution >= 4 is 63.7 Å². The Balaban J connectivity index is 1.73. The van der Waals surface area contributed by atoms with E-state index in [-0.39, 0.29) is 0 Å². The van der Waals surface area contributed by atoms with Crippen LogP contribution in [-0.4, -0.2) is 0 Å². The van der Waals surface area contributed by atoms with E-state index in [1.165, 1.54) is 44.5 Å². The molecule has 0 bridgehead atoms. The molecule has 0 atom stereocenters. The summed E-state index contributed by atoms with van der Waals surface area (Å²) in [6, 6.07) is 36.2. The standard InChI is InChI=1S/C32H30Br4/c33-19-23-5-1-9-27(15-23)31(28-10-2-6-24(16-28)20-34)13-14-32(29-11-3-7-25(17-29)21-35)30-12-4-8-26(18-30)22-36/h1-12,15-18,31-32H,13-14,19-22H2. The van der Waals surface area contributed by atoms with Gasteiger partial charge in [0.1, 0.15) is 0 Å². The number of hydrogen-bond donors (Lipinski definition) is 0. The largest absolute Gasteiger partial charge is 0.0876 e. The minimum Gasteiger partial charge on any atom is -0.0876 e. The average molecular weight is 734 g/mol. The summed E-state index contributed by atoms with van der Waals surface area (Å²) in [5.41, 5.74) is 10.8. The van der Waals surface area contributed by atoms with E-state index >= 15 is 0 Å². The van der Waals surface area contributed by atoms with Crippen molar-refractivity contribution < 1.29 is 0 Å². The third kappa shape index (κ3) is 7.22. The fraction of sp³-hybridized carbons (Fsp3) is 0.250. The van der Waals surface area contributed by atoms with Gasteiger partial charge in [-0.2, -0.15) is 0 Å². The lowest BCUT2D eigenvalue weighted by Crippen LogP contribution is -2.08. The van der Waals surface area contributed by atoms with Crippen LogP contribution >= 0.6 is 63.7 Å². The lowest BCUT2D eigenvalue weighted by Gasteiger charge is -2.24. The molecule has 0 nitrogen and oxygen atoms in total. The molecule has 4 heteroatoms. The Bertz CT molecular complexity index is 1070. The van der Waals surface area contributed by atoms with Gasteiger partial charge in [-0.3, -0.25) is 0 Å². The van der Waals surface area contributed by atoms with Crippen LogP contribution in [0.1, 0.15) is 69.2 Å². The van der Waals surface area contributed by atoms with Crippen molar-refractivity contribution in [1.82, 2.24) is 0 Å². The maximum Gasteiger partial charge on any atom is 0.0283 e. The highest BCUT2D eigenvalue weighted by atomic mass is 79.9. The molecule has 0 heterocycles. The predicted molar refractivity (Wildman–Crippen MR) is 169 cm³/mol. The number of hydrogen-bond acceptors (Lipinski definition) is 0. The molecular weight excluding hydrogens is 704 g/mol. The SMILES string of the molecule is BrCc1cccc(C(CCC(c2cccc(CBr)c2)c2cccc(CBr)c2)c2cccc(CBr)c2)c1. The Morgan fingerprint density at radius 3 is 0.861 bits per heavy atom. The summed E-state index contributed by atoms with van der Waals surface area (Å²) in [5, 5.41) is 3.49. The summed E-state index contributed by atoms with van der Waals surface area (Å²) in [5.74, 6) is 0.674. The number of alkyl halides is 4. The summed E-state index contributed by atoms with van der Waals surface area (Å²) >= 11 is 14.6. The molecule has 0 aliphatic rings. The lowest BCUT2D eigenvalue weighted by molar-refractivity contribution is 0.611. The van der Waals surface area contributed by atoms with E-state index in [4.69, 9.17) is 0 Å². The molecule has 0 radical (unpaired) electrons. The smallest absolute Gasteiger partial charge is 0.0283 e. The third-order valence-corrected chi connectivity index (χ3v) is 9.36. The average Bonchev–Trinajstić information content (AvgIpc) is 2.95. The molecule has 0 saturated heterocycles. The molecule has 0 aliphatic carbocycles. The van der Waals surface area contributed by atoms with E-state index in [1.54, 1.807) is 0 Å². The van der Waals surface area contributed by atoms with Crippen LogP contribution in [-0.2, 0) is 21.3 Å². The van der Waals surface area contributed by atoms with Gasteiger partial charge in [-0.15, -0.1) is 0 Å². The third-order valence-electron chi connectivity index (χ3n) is 6.77. The van der Waals surface area contributed by atoms with Gasteiger partial charge in [0.2, 0.25) is 0 Å². The number of benzene rings is 4. The van der Waals surface area contributed by atoms with Gasteiger partial charge in [-0.25, -0.2) is 0 Å². The Morgan fingerprint density at radius 1 is 0.389 bits per heavy atom. The Hall–Kier alpha value is -1.20. The van der Waals surface area contributed by atoms with Crippen molar-refractivity contribution in [3.05, 3.63) is 142 Å². The summed E-state index contributed by atoms with van der Waals surface area (Å²) in [6.45, 7) is 0. The molecule has 186 valence electrons. The van der Waals surface area contributed by atoms with Crippen LogP contribution in [0.25, 0.3) is 0 Å². The summed E-state index contributed by atoms with van der Waals surface area (Å²) < 4.78 is 0. The molecule has 0 amide bonds. The predicted octanol–water partition coefficient (Wildman–Crippen LogP) is 11.0. The maximum absolute atomic E-state index is 3.66. The van der Waals surface area contributed by atoms with Gasteiger partial charge >= 0.3 is 0 Å². The highest BCUT2D eigenvalue weighted by Crippen LogP contribution is 2.37. The van der Waals surface area contributed by atoms with Crippen molar-refractivity contribution in [2.75, 3.05) is 0 Å². The highest BCUT2D eigenvalue weighted by Gasteiger charge is 2.21. The Kier molecular flexibility index (Phi) is 10.9. The van der Waals surface area contributed by atoms with Crippen LogP contribution in [0.2, 0.25) is 0 Å². The van der Waals surface area contributed by atoms with Crippen LogP contribution in [0, 0.1) is 0 Å². The van der Waals surface area contributed by atoms with E-state index in [2.05, 4.69) is 161 Å². The summed E-state index contributed by atoms with van der Waals surface area (Å²) in [6.07, 6.45) is 2.14. The topological polar surface area (TPSA) is 0 Å². The van der Waals surface area contributed by atoms with Gasteiger partial charge in [0, 0.05) is 33.2 Å². The van der Waals surface area contributed by atoms with E-state index in [9.17, 15) is 0 Å². The van der Waals surface area contributed by atoms with Crippen LogP contribution < -0.4 is 0 Å². The van der Waals surface area contributed by atoms with Crippen LogP contribution in [0.4, 0.5) is 0 Å². The molecule has 0 unspecified atom stereocenters. The molecule has 4 rings (SSSR count). The van der Waals surface area contributed by atoms with Crippen molar-refractivity contribution in [3.63, 3.8) is 0 Å². The fourth-order valence-corrected chi connectivity index (χ4v) is 6.35. The van der Waals surface area contributed by atoms with Gasteiger partial charge < -0.3 is 0 Å². The summed E-state index contributed by atoms with van der Waals surface area (Å²) in [4.78, 5) is 0. The van der Waals surface area contributed by atoms with Crippen molar-refractivity contribution in [2.24, 2.45) is 0 Å².